The molecule has 3 aliphatic rings. The van der Waals surface area contributed by atoms with Gasteiger partial charge in [0.2, 0.25) is 5.67 Å². The summed E-state index contributed by atoms with van der Waals surface area (Å²) in [5.41, 5.74) is -4.32. The van der Waals surface area contributed by atoms with Crippen molar-refractivity contribution in [2.75, 3.05) is 6.54 Å². The Morgan fingerprint density at radius 2 is 1.73 bits per heavy atom. The van der Waals surface area contributed by atoms with Crippen molar-refractivity contribution in [1.82, 2.24) is 4.90 Å². The van der Waals surface area contributed by atoms with Gasteiger partial charge in [-0.1, -0.05) is 48.0 Å². The van der Waals surface area contributed by atoms with E-state index in [4.69, 9.17) is 4.11 Å². The molecule has 1 amide bonds. The molecule has 9 heteroatoms. The number of amides is 1. The lowest BCUT2D eigenvalue weighted by molar-refractivity contribution is -0.228. The lowest BCUT2D eigenvalue weighted by atomic mass is 9.63. The highest BCUT2D eigenvalue weighted by molar-refractivity contribution is 5.86. The van der Waals surface area contributed by atoms with Crippen molar-refractivity contribution in [2.45, 2.75) is 94.0 Å². The van der Waals surface area contributed by atoms with E-state index >= 15 is 0 Å². The number of aliphatic hydroxyl groups is 1. The molecule has 1 aliphatic heterocycles. The van der Waals surface area contributed by atoms with Crippen LogP contribution < -0.4 is 0 Å². The Balaban J connectivity index is 1.53. The quantitative estimate of drug-likeness (QED) is 0.452. The third kappa shape index (κ3) is 4.70. The number of carbonyl (C=O) groups is 2. The van der Waals surface area contributed by atoms with Crippen LogP contribution in [0.4, 0.5) is 17.6 Å². The molecule has 1 heterocycles. The van der Waals surface area contributed by atoms with Crippen LogP contribution in [0.1, 0.15) is 77.4 Å². The Labute approximate surface area is 235 Å². The third-order valence-electron chi connectivity index (χ3n) is 9.51. The van der Waals surface area contributed by atoms with Crippen LogP contribution in [0.25, 0.3) is 0 Å². The van der Waals surface area contributed by atoms with Gasteiger partial charge in [0.05, 0.1) is 5.92 Å². The predicted molar refractivity (Wildman–Crippen MR) is 141 cm³/mol. The zero-order chi connectivity index (χ0) is 31.6. The van der Waals surface area contributed by atoms with Gasteiger partial charge in [-0.2, -0.15) is 13.2 Å². The standard InChI is InChI=1S/C31H35F4NO4/c1-19-3-5-20(6-4-19)18-29-15-16-36(27(39)30(40)13-11-21(12-14-30)26(37)38)25(29)10-7-22-17-23(8-9-24(22)29)28(2,32)31(33,34)35/h3-6,8-9,17,21,25,40H,7,10-16,18H2,1-2H3,(H,37,38)/t21-,25?,28?,29?,30+/i1D3. The van der Waals surface area contributed by atoms with Crippen molar-refractivity contribution in [2.24, 2.45) is 5.92 Å². The van der Waals surface area contributed by atoms with E-state index in [1.54, 1.807) is 17.0 Å². The number of alkyl halides is 4. The number of carbonyl (C=O) groups excluding carboxylic acids is 1. The summed E-state index contributed by atoms with van der Waals surface area (Å²) in [4.78, 5) is 27.0. The number of nitrogens with zero attached hydrogens (tertiary/aromatic N) is 1. The average Bonchev–Trinajstić information content (AvgIpc) is 3.30. The van der Waals surface area contributed by atoms with E-state index in [9.17, 15) is 37.4 Å². The number of carboxylic acid groups (broad SMARTS) is 1. The molecule has 3 atom stereocenters. The summed E-state index contributed by atoms with van der Waals surface area (Å²) in [6.07, 6.45) is -3.29. The van der Waals surface area contributed by atoms with E-state index in [1.165, 1.54) is 24.3 Å². The highest BCUT2D eigenvalue weighted by atomic mass is 19.4. The fourth-order valence-corrected chi connectivity index (χ4v) is 7.08. The first kappa shape index (κ1) is 24.8. The smallest absolute Gasteiger partial charge is 0.426 e. The number of fused-ring (bicyclic) bond motifs is 3. The number of carboxylic acids is 1. The summed E-state index contributed by atoms with van der Waals surface area (Å²) in [7, 11) is 0. The van der Waals surface area contributed by atoms with Crippen LogP contribution in [0.2, 0.25) is 0 Å². The second-order valence-electron chi connectivity index (χ2n) is 11.8. The molecule has 1 saturated heterocycles. The molecule has 3 unspecified atom stereocenters. The molecule has 5 nitrogen and oxygen atoms in total. The van der Waals surface area contributed by atoms with Crippen LogP contribution in [0.15, 0.2) is 42.5 Å². The van der Waals surface area contributed by atoms with Crippen molar-refractivity contribution >= 4 is 11.9 Å². The van der Waals surface area contributed by atoms with E-state index in [1.807, 2.05) is 0 Å². The Bertz CT molecular complexity index is 1400. The molecule has 40 heavy (non-hydrogen) atoms. The van der Waals surface area contributed by atoms with Gasteiger partial charge in [0.25, 0.3) is 5.91 Å². The minimum absolute atomic E-state index is 0.0159. The molecule has 0 bridgehead atoms. The first-order valence-corrected chi connectivity index (χ1v) is 13.6. The van der Waals surface area contributed by atoms with Crippen LogP contribution in [0, 0.1) is 12.8 Å². The third-order valence-corrected chi connectivity index (χ3v) is 9.51. The van der Waals surface area contributed by atoms with Gasteiger partial charge < -0.3 is 15.1 Å². The van der Waals surface area contributed by atoms with Gasteiger partial charge in [0.1, 0.15) is 5.60 Å². The number of hydrogen-bond acceptors (Lipinski definition) is 3. The first-order valence-electron chi connectivity index (χ1n) is 15.1. The van der Waals surface area contributed by atoms with E-state index in [2.05, 4.69) is 0 Å². The van der Waals surface area contributed by atoms with Crippen molar-refractivity contribution in [3.05, 3.63) is 70.3 Å². The van der Waals surface area contributed by atoms with Gasteiger partial charge >= 0.3 is 12.1 Å². The molecule has 2 aromatic carbocycles. The van der Waals surface area contributed by atoms with E-state index in [-0.39, 0.29) is 37.8 Å². The largest absolute Gasteiger partial charge is 0.481 e. The number of benzene rings is 2. The van der Waals surface area contributed by atoms with Gasteiger partial charge in [-0.3, -0.25) is 9.59 Å². The molecule has 0 radical (unpaired) electrons. The van der Waals surface area contributed by atoms with Crippen molar-refractivity contribution in [3.63, 3.8) is 0 Å². The van der Waals surface area contributed by atoms with Gasteiger partial charge in [-0.25, -0.2) is 4.39 Å². The van der Waals surface area contributed by atoms with E-state index in [0.717, 1.165) is 11.6 Å². The van der Waals surface area contributed by atoms with E-state index < -0.39 is 59.1 Å². The predicted octanol–water partition coefficient (Wildman–Crippen LogP) is 5.78. The second kappa shape index (κ2) is 9.86. The summed E-state index contributed by atoms with van der Waals surface area (Å²) in [6.45, 7) is -1.53. The number of rotatable bonds is 5. The van der Waals surface area contributed by atoms with Crippen LogP contribution in [-0.2, 0) is 33.5 Å². The molecule has 2 N–H and O–H groups in total. The SMILES string of the molecule is [2H]C([2H])([2H])c1ccc(CC23CCN(C(=O)[C@]4(O)CC[C@@H](C(=O)O)CC4)C2CCc2cc(C(C)(F)C(F)(F)F)ccc23)cc1. The molecule has 0 spiro atoms. The normalized spacial score (nSPS) is 31.2. The number of aliphatic carboxylic acids is 1. The van der Waals surface area contributed by atoms with Gasteiger partial charge in [-0.15, -0.1) is 0 Å². The van der Waals surface area contributed by atoms with Crippen molar-refractivity contribution < 1.29 is 41.5 Å². The van der Waals surface area contributed by atoms with E-state index in [0.29, 0.717) is 43.7 Å². The fourth-order valence-electron chi connectivity index (χ4n) is 7.08. The Morgan fingerprint density at radius 3 is 2.33 bits per heavy atom. The molecular formula is C31H35F4NO4. The molecule has 1 saturated carbocycles. The molecule has 2 aromatic rings. The fraction of sp³-hybridized carbons (Fsp3) is 0.548. The average molecular weight is 565 g/mol. The van der Waals surface area contributed by atoms with Crippen LogP contribution in [-0.4, -0.2) is 51.4 Å². The second-order valence-corrected chi connectivity index (χ2v) is 11.8. The first-order chi connectivity index (χ1) is 19.9. The number of aryl methyl sites for hydroxylation is 2. The maximum Gasteiger partial charge on any atom is 0.426 e. The summed E-state index contributed by atoms with van der Waals surface area (Å²) in [6, 6.07) is 9.94. The molecule has 216 valence electrons. The number of halogens is 4. The minimum Gasteiger partial charge on any atom is -0.481 e. The van der Waals surface area contributed by atoms with Crippen LogP contribution in [0.5, 0.6) is 0 Å². The Kier molecular flexibility index (Phi) is 6.12. The molecule has 2 fully saturated rings. The van der Waals surface area contributed by atoms with Gasteiger partial charge in [0, 0.05) is 22.1 Å². The lowest BCUT2D eigenvalue weighted by Gasteiger charge is -2.46. The highest BCUT2D eigenvalue weighted by Crippen LogP contribution is 2.52. The van der Waals surface area contributed by atoms with Crippen molar-refractivity contribution in [3.8, 4) is 0 Å². The van der Waals surface area contributed by atoms with Gasteiger partial charge in [0.15, 0.2) is 0 Å². The number of likely N-dealkylation sites (tertiary alicyclic amines) is 1. The molecule has 0 aromatic heterocycles. The van der Waals surface area contributed by atoms with Crippen LogP contribution >= 0.6 is 0 Å². The van der Waals surface area contributed by atoms with Gasteiger partial charge in [-0.05, 0) is 87.4 Å². The Morgan fingerprint density at radius 1 is 1.05 bits per heavy atom. The minimum atomic E-state index is -5.10. The summed E-state index contributed by atoms with van der Waals surface area (Å²) < 4.78 is 78.6. The Hall–Kier alpha value is -2.94. The number of hydrogen-bond donors (Lipinski definition) is 2. The summed E-state index contributed by atoms with van der Waals surface area (Å²) in [5.74, 6) is -2.07. The highest BCUT2D eigenvalue weighted by Gasteiger charge is 2.57. The monoisotopic (exact) mass is 564 g/mol. The summed E-state index contributed by atoms with van der Waals surface area (Å²) in [5, 5.41) is 20.7. The zero-order valence-corrected chi connectivity index (χ0v) is 22.2. The zero-order valence-electron chi connectivity index (χ0n) is 25.2. The van der Waals surface area contributed by atoms with Crippen LogP contribution in [0.3, 0.4) is 0 Å². The maximum absolute atomic E-state index is 14.9. The molecule has 5 rings (SSSR count). The lowest BCUT2D eigenvalue weighted by Crippen LogP contribution is -2.56. The molecular weight excluding hydrogens is 526 g/mol. The maximum atomic E-state index is 14.9. The van der Waals surface area contributed by atoms with Crippen molar-refractivity contribution in [1.29, 1.82) is 0 Å². The summed E-state index contributed by atoms with van der Waals surface area (Å²) >= 11 is 0. The topological polar surface area (TPSA) is 77.8 Å². The molecule has 2 aliphatic carbocycles.